The van der Waals surface area contributed by atoms with Crippen LogP contribution < -0.4 is 10.6 Å². The molecule has 0 aromatic heterocycles. The van der Waals surface area contributed by atoms with Crippen LogP contribution in [0.2, 0.25) is 0 Å². The van der Waals surface area contributed by atoms with Gasteiger partial charge in [0.25, 0.3) is 5.91 Å². The van der Waals surface area contributed by atoms with Gasteiger partial charge in [0.2, 0.25) is 15.9 Å². The third-order valence-electron chi connectivity index (χ3n) is 6.28. The van der Waals surface area contributed by atoms with Crippen LogP contribution in [-0.4, -0.2) is 37.6 Å². The quantitative estimate of drug-likeness (QED) is 0.495. The first-order valence-corrected chi connectivity index (χ1v) is 13.2. The van der Waals surface area contributed by atoms with Gasteiger partial charge in [-0.15, -0.1) is 0 Å². The molecule has 2 unspecified atom stereocenters. The molecule has 1 saturated heterocycles. The number of piperidine rings is 1. The summed E-state index contributed by atoms with van der Waals surface area (Å²) in [6, 6.07) is 20.7. The maximum absolute atomic E-state index is 13.2. The van der Waals surface area contributed by atoms with Gasteiger partial charge in [-0.3, -0.25) is 9.59 Å². The van der Waals surface area contributed by atoms with Gasteiger partial charge >= 0.3 is 0 Å². The van der Waals surface area contributed by atoms with E-state index < -0.39 is 21.8 Å². The Hall–Kier alpha value is -3.56. The summed E-state index contributed by atoms with van der Waals surface area (Å²) in [4.78, 5) is 26.1. The number of halogens is 1. The minimum Gasteiger partial charge on any atom is -0.345 e. The molecule has 0 radical (unpaired) electrons. The molecular weight excluding hydrogens is 481 g/mol. The molecular formula is C27H28FN3O4S. The fourth-order valence-electron chi connectivity index (χ4n) is 4.25. The van der Waals surface area contributed by atoms with E-state index in [1.165, 1.54) is 16.4 Å². The van der Waals surface area contributed by atoms with Crippen LogP contribution in [0.4, 0.5) is 10.1 Å². The lowest BCUT2D eigenvalue weighted by Crippen LogP contribution is -2.43. The van der Waals surface area contributed by atoms with Crippen LogP contribution in [0.3, 0.4) is 0 Å². The number of benzene rings is 3. The Morgan fingerprint density at radius 1 is 0.972 bits per heavy atom. The van der Waals surface area contributed by atoms with E-state index in [-0.39, 0.29) is 35.8 Å². The zero-order valence-corrected chi connectivity index (χ0v) is 20.7. The Labute approximate surface area is 210 Å². The average Bonchev–Trinajstić information content (AvgIpc) is 2.89. The highest BCUT2D eigenvalue weighted by atomic mass is 32.2. The Bertz CT molecular complexity index is 1330. The molecule has 1 fully saturated rings. The average molecular weight is 510 g/mol. The van der Waals surface area contributed by atoms with Crippen LogP contribution in [0.1, 0.15) is 41.7 Å². The van der Waals surface area contributed by atoms with E-state index in [2.05, 4.69) is 10.6 Å². The molecule has 36 heavy (non-hydrogen) atoms. The van der Waals surface area contributed by atoms with E-state index in [4.69, 9.17) is 0 Å². The van der Waals surface area contributed by atoms with Crippen LogP contribution in [0.25, 0.3) is 0 Å². The van der Waals surface area contributed by atoms with Crippen LogP contribution in [0.15, 0.2) is 83.8 Å². The van der Waals surface area contributed by atoms with Crippen LogP contribution >= 0.6 is 0 Å². The molecule has 2 amide bonds. The van der Waals surface area contributed by atoms with Gasteiger partial charge < -0.3 is 10.6 Å². The van der Waals surface area contributed by atoms with Gasteiger partial charge in [-0.05, 0) is 61.7 Å². The van der Waals surface area contributed by atoms with Gasteiger partial charge in [0.05, 0.1) is 28.1 Å². The van der Waals surface area contributed by atoms with Crippen molar-refractivity contribution in [1.82, 2.24) is 9.62 Å². The summed E-state index contributed by atoms with van der Waals surface area (Å²) in [6.07, 6.45) is 1.02. The summed E-state index contributed by atoms with van der Waals surface area (Å²) in [5.74, 6) is -1.80. The third-order valence-corrected chi connectivity index (χ3v) is 8.16. The smallest absolute Gasteiger partial charge is 0.253 e. The van der Waals surface area contributed by atoms with Crippen molar-refractivity contribution in [2.24, 2.45) is 5.92 Å². The van der Waals surface area contributed by atoms with Crippen molar-refractivity contribution >= 4 is 27.5 Å². The van der Waals surface area contributed by atoms with Gasteiger partial charge in [-0.25, -0.2) is 12.8 Å². The van der Waals surface area contributed by atoms with Crippen molar-refractivity contribution in [2.45, 2.75) is 30.7 Å². The number of sulfonamides is 1. The predicted molar refractivity (Wildman–Crippen MR) is 135 cm³/mol. The molecule has 1 aliphatic rings. The first-order chi connectivity index (χ1) is 17.3. The Kier molecular flexibility index (Phi) is 7.81. The topological polar surface area (TPSA) is 95.6 Å². The molecule has 7 nitrogen and oxygen atoms in total. The van der Waals surface area contributed by atoms with Gasteiger partial charge in [-0.2, -0.15) is 4.31 Å². The molecule has 1 aliphatic heterocycles. The number of hydrogen-bond donors (Lipinski definition) is 2. The number of carbonyl (C=O) groups excluding carboxylic acids is 2. The molecule has 188 valence electrons. The predicted octanol–water partition coefficient (Wildman–Crippen LogP) is 4.36. The Balaban J connectivity index is 1.45. The number of amides is 2. The molecule has 9 heteroatoms. The molecule has 2 N–H and O–H groups in total. The summed E-state index contributed by atoms with van der Waals surface area (Å²) in [5, 5.41) is 5.77. The van der Waals surface area contributed by atoms with E-state index >= 15 is 0 Å². The minimum absolute atomic E-state index is 0.00491. The monoisotopic (exact) mass is 509 g/mol. The lowest BCUT2D eigenvalue weighted by molar-refractivity contribution is -0.120. The fraction of sp³-hybridized carbons (Fsp3) is 0.259. The van der Waals surface area contributed by atoms with Crippen LogP contribution in [0.5, 0.6) is 0 Å². The van der Waals surface area contributed by atoms with Crippen molar-refractivity contribution in [3.63, 3.8) is 0 Å². The zero-order chi connectivity index (χ0) is 25.7. The molecule has 0 saturated carbocycles. The maximum Gasteiger partial charge on any atom is 0.253 e. The second-order valence-corrected chi connectivity index (χ2v) is 10.7. The van der Waals surface area contributed by atoms with Crippen molar-refractivity contribution in [2.75, 3.05) is 18.4 Å². The number of nitrogens with zero attached hydrogens (tertiary/aromatic N) is 1. The standard InChI is InChI=1S/C27H28FN3O4S/c1-19(20-8-3-2-4-9-20)29-27(33)24-11-5-6-12-25(24)30-26(32)21-10-7-17-31(18-21)36(34,35)23-15-13-22(28)14-16-23/h2-6,8-9,11-16,19,21H,7,10,17-18H2,1H3,(H,29,33)(H,30,32). The summed E-state index contributed by atoms with van der Waals surface area (Å²) in [5.41, 5.74) is 1.64. The molecule has 0 spiro atoms. The molecule has 3 aromatic carbocycles. The highest BCUT2D eigenvalue weighted by molar-refractivity contribution is 7.89. The molecule has 2 atom stereocenters. The first-order valence-electron chi connectivity index (χ1n) is 11.8. The van der Waals surface area contributed by atoms with E-state index in [0.717, 1.165) is 17.7 Å². The van der Waals surface area contributed by atoms with Crippen molar-refractivity contribution in [1.29, 1.82) is 0 Å². The fourth-order valence-corrected chi connectivity index (χ4v) is 5.78. The lowest BCUT2D eigenvalue weighted by Gasteiger charge is -2.31. The zero-order valence-electron chi connectivity index (χ0n) is 19.9. The van der Waals surface area contributed by atoms with Crippen LogP contribution in [-0.2, 0) is 14.8 Å². The SMILES string of the molecule is CC(NC(=O)c1ccccc1NC(=O)C1CCCN(S(=O)(=O)c2ccc(F)cc2)C1)c1ccccc1. The van der Waals surface area contributed by atoms with E-state index in [0.29, 0.717) is 24.1 Å². The van der Waals surface area contributed by atoms with Gasteiger partial charge in [0.1, 0.15) is 5.82 Å². The number of rotatable bonds is 7. The lowest BCUT2D eigenvalue weighted by atomic mass is 9.98. The van der Waals surface area contributed by atoms with Crippen molar-refractivity contribution in [3.05, 3.63) is 95.8 Å². The minimum atomic E-state index is -3.86. The Morgan fingerprint density at radius 3 is 2.36 bits per heavy atom. The second kappa shape index (κ2) is 11.0. The number of anilines is 1. The number of hydrogen-bond acceptors (Lipinski definition) is 4. The van der Waals surface area contributed by atoms with E-state index in [9.17, 15) is 22.4 Å². The first kappa shape index (κ1) is 25.5. The second-order valence-electron chi connectivity index (χ2n) is 8.80. The number of carbonyl (C=O) groups is 2. The third kappa shape index (κ3) is 5.80. The van der Waals surface area contributed by atoms with Crippen molar-refractivity contribution in [3.8, 4) is 0 Å². The number of nitrogens with one attached hydrogen (secondary N) is 2. The summed E-state index contributed by atoms with van der Waals surface area (Å²) < 4.78 is 40.5. The van der Waals surface area contributed by atoms with Gasteiger partial charge in [0, 0.05) is 13.1 Å². The largest absolute Gasteiger partial charge is 0.345 e. The number of para-hydroxylation sites is 1. The van der Waals surface area contributed by atoms with E-state index in [1.807, 2.05) is 37.3 Å². The summed E-state index contributed by atoms with van der Waals surface area (Å²) >= 11 is 0. The Morgan fingerprint density at radius 2 is 1.64 bits per heavy atom. The van der Waals surface area contributed by atoms with Crippen LogP contribution in [0, 0.1) is 11.7 Å². The maximum atomic E-state index is 13.2. The van der Waals surface area contributed by atoms with Gasteiger partial charge in [-0.1, -0.05) is 42.5 Å². The van der Waals surface area contributed by atoms with Gasteiger partial charge in [0.15, 0.2) is 0 Å². The molecule has 0 bridgehead atoms. The highest BCUT2D eigenvalue weighted by Gasteiger charge is 2.33. The molecule has 0 aliphatic carbocycles. The normalized spacial score (nSPS) is 17.2. The molecule has 3 aromatic rings. The van der Waals surface area contributed by atoms with E-state index in [1.54, 1.807) is 24.3 Å². The highest BCUT2D eigenvalue weighted by Crippen LogP contribution is 2.26. The molecule has 1 heterocycles. The molecule has 4 rings (SSSR count). The summed E-state index contributed by atoms with van der Waals surface area (Å²) in [6.45, 7) is 2.16. The van der Waals surface area contributed by atoms with Crippen molar-refractivity contribution < 1.29 is 22.4 Å². The summed E-state index contributed by atoms with van der Waals surface area (Å²) in [7, 11) is -3.86.